The molecule has 0 bridgehead atoms. The Balaban J connectivity index is 2.12. The molecule has 3 rings (SSSR count). The van der Waals surface area contributed by atoms with Gasteiger partial charge in [0.15, 0.2) is 11.6 Å². The van der Waals surface area contributed by atoms with Crippen molar-refractivity contribution in [1.29, 1.82) is 0 Å². The average molecular weight is 409 g/mol. The molecule has 1 aliphatic rings. The first-order chi connectivity index (χ1) is 12.9. The van der Waals surface area contributed by atoms with Crippen LogP contribution in [-0.2, 0) is 22.6 Å². The first-order valence-corrected chi connectivity index (χ1v) is 9.57. The molecule has 0 fully saturated rings. The number of allylic oxidation sites excluding steroid dienone is 2. The van der Waals surface area contributed by atoms with Gasteiger partial charge in [-0.2, -0.15) is 13.2 Å². The largest absolute Gasteiger partial charge is 0.416 e. The maximum absolute atomic E-state index is 13.0. The van der Waals surface area contributed by atoms with Gasteiger partial charge in [0, 0.05) is 23.1 Å². The van der Waals surface area contributed by atoms with Gasteiger partial charge in [-0.15, -0.1) is 0 Å². The molecule has 0 heterocycles. The average Bonchev–Trinajstić information content (AvgIpc) is 2.61. The monoisotopic (exact) mass is 409 g/mol. The normalized spacial score (nSPS) is 15.0. The highest BCUT2D eigenvalue weighted by atomic mass is 32.2. The van der Waals surface area contributed by atoms with Crippen LogP contribution < -0.4 is 5.14 Å². The zero-order valence-electron chi connectivity index (χ0n) is 14.5. The number of Topliss-reactive ketones (excluding diaryl/α,β-unsaturated/α-hetero) is 2. The second-order valence-electron chi connectivity index (χ2n) is 6.36. The number of carbonyl (C=O) groups is 2. The lowest BCUT2D eigenvalue weighted by Gasteiger charge is -2.21. The Kier molecular flexibility index (Phi) is 4.76. The summed E-state index contributed by atoms with van der Waals surface area (Å²) in [5.74, 6) is -1.31. The summed E-state index contributed by atoms with van der Waals surface area (Å²) in [5.41, 5.74) is -1.16. The number of benzene rings is 2. The van der Waals surface area contributed by atoms with E-state index in [0.29, 0.717) is 0 Å². The summed E-state index contributed by atoms with van der Waals surface area (Å²) in [6.45, 7) is 1.38. The Labute approximate surface area is 158 Å². The van der Waals surface area contributed by atoms with Crippen molar-refractivity contribution in [3.05, 3.63) is 75.9 Å². The van der Waals surface area contributed by atoms with E-state index in [0.717, 1.165) is 18.2 Å². The van der Waals surface area contributed by atoms with Crippen LogP contribution in [0.25, 0.3) is 0 Å². The fourth-order valence-corrected chi connectivity index (χ4v) is 3.88. The third kappa shape index (κ3) is 3.50. The fourth-order valence-electron chi connectivity index (χ4n) is 3.13. The van der Waals surface area contributed by atoms with Crippen LogP contribution in [0, 0.1) is 0 Å². The van der Waals surface area contributed by atoms with Gasteiger partial charge in [-0.05, 0) is 24.6 Å². The molecule has 0 amide bonds. The van der Waals surface area contributed by atoms with Gasteiger partial charge in [-0.25, -0.2) is 13.6 Å². The molecule has 2 N–H and O–H groups in total. The third-order valence-electron chi connectivity index (χ3n) is 4.51. The van der Waals surface area contributed by atoms with Gasteiger partial charge in [0.25, 0.3) is 0 Å². The molecule has 1 aliphatic carbocycles. The van der Waals surface area contributed by atoms with Crippen molar-refractivity contribution in [3.8, 4) is 0 Å². The maximum atomic E-state index is 13.0. The van der Waals surface area contributed by atoms with Crippen LogP contribution in [-0.4, -0.2) is 20.0 Å². The van der Waals surface area contributed by atoms with Crippen molar-refractivity contribution < 1.29 is 31.2 Å². The molecule has 0 aromatic heterocycles. The SMILES string of the molecule is CC1=C(Cc2cccc(C(F)(F)F)c2)C(=O)c2c(cccc2S(N)(=O)=O)C1=O. The zero-order valence-corrected chi connectivity index (χ0v) is 15.3. The predicted molar refractivity (Wildman–Crippen MR) is 94.3 cm³/mol. The van der Waals surface area contributed by atoms with Gasteiger partial charge in [0.1, 0.15) is 0 Å². The van der Waals surface area contributed by atoms with E-state index in [1.807, 2.05) is 0 Å². The number of carbonyl (C=O) groups excluding carboxylic acids is 2. The summed E-state index contributed by atoms with van der Waals surface area (Å²) in [5, 5.41) is 5.16. The standard InChI is InChI=1S/C19H14F3NO4S/c1-10-14(9-11-4-2-5-12(8-11)19(20,21)22)18(25)16-13(17(10)24)6-3-7-15(16)28(23,26)27/h2-8H,9H2,1H3,(H2,23,26,27). The van der Waals surface area contributed by atoms with E-state index in [-0.39, 0.29) is 34.3 Å². The van der Waals surface area contributed by atoms with Crippen molar-refractivity contribution in [2.24, 2.45) is 5.14 Å². The number of rotatable bonds is 3. The number of ketones is 2. The molecule has 146 valence electrons. The summed E-state index contributed by atoms with van der Waals surface area (Å²) in [7, 11) is -4.28. The lowest BCUT2D eigenvalue weighted by Crippen LogP contribution is -2.26. The summed E-state index contributed by atoms with van der Waals surface area (Å²) in [4.78, 5) is 25.1. The third-order valence-corrected chi connectivity index (χ3v) is 5.46. The van der Waals surface area contributed by atoms with Gasteiger partial charge >= 0.3 is 6.18 Å². The van der Waals surface area contributed by atoms with E-state index < -0.39 is 38.2 Å². The zero-order chi connectivity index (χ0) is 20.9. The van der Waals surface area contributed by atoms with Crippen molar-refractivity contribution in [3.63, 3.8) is 0 Å². The minimum Gasteiger partial charge on any atom is -0.289 e. The Hall–Kier alpha value is -2.78. The van der Waals surface area contributed by atoms with Crippen LogP contribution in [0.1, 0.15) is 38.8 Å². The highest BCUT2D eigenvalue weighted by Crippen LogP contribution is 2.34. The van der Waals surface area contributed by atoms with Crippen molar-refractivity contribution in [2.45, 2.75) is 24.4 Å². The number of halogens is 3. The Bertz CT molecular complexity index is 1150. The molecular formula is C19H14F3NO4S. The molecule has 0 saturated heterocycles. The minimum atomic E-state index is -4.56. The fraction of sp³-hybridized carbons (Fsp3) is 0.158. The Morgan fingerprint density at radius 2 is 1.64 bits per heavy atom. The minimum absolute atomic E-state index is 0.0569. The van der Waals surface area contributed by atoms with Crippen LogP contribution in [0.3, 0.4) is 0 Å². The summed E-state index contributed by atoms with van der Waals surface area (Å²) >= 11 is 0. The van der Waals surface area contributed by atoms with Gasteiger partial charge in [0.05, 0.1) is 16.0 Å². The molecule has 0 saturated carbocycles. The first-order valence-electron chi connectivity index (χ1n) is 8.02. The number of hydrogen-bond acceptors (Lipinski definition) is 4. The number of sulfonamides is 1. The molecule has 0 unspecified atom stereocenters. The predicted octanol–water partition coefficient (Wildman–Crippen LogP) is 3.29. The quantitative estimate of drug-likeness (QED) is 0.842. The van der Waals surface area contributed by atoms with Crippen molar-refractivity contribution in [2.75, 3.05) is 0 Å². The topological polar surface area (TPSA) is 94.3 Å². The van der Waals surface area contributed by atoms with E-state index in [2.05, 4.69) is 0 Å². The highest BCUT2D eigenvalue weighted by Gasteiger charge is 2.35. The second kappa shape index (κ2) is 6.68. The van der Waals surface area contributed by atoms with Gasteiger partial charge in [-0.3, -0.25) is 9.59 Å². The Morgan fingerprint density at radius 3 is 2.25 bits per heavy atom. The molecule has 28 heavy (non-hydrogen) atoms. The van der Waals surface area contributed by atoms with Crippen LogP contribution in [0.15, 0.2) is 58.5 Å². The van der Waals surface area contributed by atoms with Crippen LogP contribution in [0.4, 0.5) is 13.2 Å². The van der Waals surface area contributed by atoms with E-state index in [1.165, 1.54) is 31.2 Å². The van der Waals surface area contributed by atoms with E-state index >= 15 is 0 Å². The lowest BCUT2D eigenvalue weighted by atomic mass is 9.82. The number of hydrogen-bond donors (Lipinski definition) is 1. The first kappa shape index (κ1) is 20.0. The van der Waals surface area contributed by atoms with E-state index in [9.17, 15) is 31.2 Å². The molecule has 9 heteroatoms. The van der Waals surface area contributed by atoms with Gasteiger partial charge in [-0.1, -0.05) is 30.3 Å². The smallest absolute Gasteiger partial charge is 0.289 e. The molecule has 2 aromatic carbocycles. The maximum Gasteiger partial charge on any atom is 0.416 e. The number of nitrogens with two attached hydrogens (primary N) is 1. The summed E-state index contributed by atoms with van der Waals surface area (Å²) < 4.78 is 62.5. The molecule has 2 aromatic rings. The van der Waals surface area contributed by atoms with Crippen LogP contribution in [0.5, 0.6) is 0 Å². The van der Waals surface area contributed by atoms with E-state index in [4.69, 9.17) is 5.14 Å². The Morgan fingerprint density at radius 1 is 1.00 bits per heavy atom. The number of fused-ring (bicyclic) bond motifs is 1. The van der Waals surface area contributed by atoms with Gasteiger partial charge < -0.3 is 0 Å². The van der Waals surface area contributed by atoms with Crippen LogP contribution in [0.2, 0.25) is 0 Å². The molecular weight excluding hydrogens is 395 g/mol. The molecule has 5 nitrogen and oxygen atoms in total. The number of alkyl halides is 3. The summed E-state index contributed by atoms with van der Waals surface area (Å²) in [6, 6.07) is 8.11. The number of primary sulfonamides is 1. The molecule has 0 spiro atoms. The second-order valence-corrected chi connectivity index (χ2v) is 7.89. The van der Waals surface area contributed by atoms with Gasteiger partial charge in [0.2, 0.25) is 10.0 Å². The molecule has 0 aliphatic heterocycles. The molecule has 0 atom stereocenters. The van der Waals surface area contributed by atoms with Crippen LogP contribution >= 0.6 is 0 Å². The van der Waals surface area contributed by atoms with Crippen molar-refractivity contribution >= 4 is 21.6 Å². The van der Waals surface area contributed by atoms with E-state index in [1.54, 1.807) is 0 Å². The lowest BCUT2D eigenvalue weighted by molar-refractivity contribution is -0.137. The summed E-state index contributed by atoms with van der Waals surface area (Å²) in [6.07, 6.45) is -4.81. The highest BCUT2D eigenvalue weighted by molar-refractivity contribution is 7.89. The molecule has 0 radical (unpaired) electrons. The van der Waals surface area contributed by atoms with Crippen molar-refractivity contribution in [1.82, 2.24) is 0 Å².